The summed E-state index contributed by atoms with van der Waals surface area (Å²) < 4.78 is 0. The van der Waals surface area contributed by atoms with Crippen molar-refractivity contribution in [3.63, 3.8) is 0 Å². The van der Waals surface area contributed by atoms with Gasteiger partial charge in [-0.2, -0.15) is 0 Å². The van der Waals surface area contributed by atoms with Crippen molar-refractivity contribution in [3.05, 3.63) is 69.6 Å². The number of hydrogen-bond acceptors (Lipinski definition) is 5. The number of amides is 1. The normalized spacial score (nSPS) is 17.3. The molecule has 5 nitrogen and oxygen atoms in total. The number of carbonyl (C=O) groups excluding carboxylic acids is 2. The molecule has 6 heteroatoms. The maximum absolute atomic E-state index is 12.5. The number of aryl methyl sites for hydroxylation is 2. The molecule has 1 aliphatic heterocycles. The van der Waals surface area contributed by atoms with E-state index in [1.807, 2.05) is 32.0 Å². The second-order valence-corrected chi connectivity index (χ2v) is 7.06. The van der Waals surface area contributed by atoms with Gasteiger partial charge in [-0.3, -0.25) is 9.69 Å². The molecule has 3 rings (SSSR count). The van der Waals surface area contributed by atoms with Crippen molar-refractivity contribution in [3.8, 4) is 0 Å². The van der Waals surface area contributed by atoms with E-state index in [2.05, 4.69) is 4.99 Å². The Bertz CT molecular complexity index is 946. The topological polar surface area (TPSA) is 72.8 Å². The van der Waals surface area contributed by atoms with Crippen LogP contribution < -0.4 is 5.11 Å². The van der Waals surface area contributed by atoms with Crippen molar-refractivity contribution in [2.24, 2.45) is 4.99 Å². The molecule has 1 fully saturated rings. The summed E-state index contributed by atoms with van der Waals surface area (Å²) in [6, 6.07) is 12.1. The van der Waals surface area contributed by atoms with Gasteiger partial charge in [-0.05, 0) is 66.1 Å². The zero-order valence-electron chi connectivity index (χ0n) is 14.6. The first-order valence-corrected chi connectivity index (χ1v) is 8.82. The molecule has 1 amide bonds. The van der Waals surface area contributed by atoms with E-state index in [1.54, 1.807) is 25.3 Å². The molecule has 1 saturated heterocycles. The van der Waals surface area contributed by atoms with Gasteiger partial charge < -0.3 is 9.90 Å². The van der Waals surface area contributed by atoms with Crippen LogP contribution in [0.4, 0.5) is 5.69 Å². The number of aliphatic imine (C=N–C) groups is 1. The predicted octanol–water partition coefficient (Wildman–Crippen LogP) is 2.90. The molecule has 0 atom stereocenters. The molecular formula is C20H17N2O3S-. The van der Waals surface area contributed by atoms with Gasteiger partial charge in [-0.1, -0.05) is 30.3 Å². The molecule has 0 spiro atoms. The van der Waals surface area contributed by atoms with Gasteiger partial charge in [0, 0.05) is 7.05 Å². The largest absolute Gasteiger partial charge is 0.545 e. The van der Waals surface area contributed by atoms with Crippen molar-refractivity contribution < 1.29 is 14.7 Å². The van der Waals surface area contributed by atoms with Crippen molar-refractivity contribution in [1.82, 2.24) is 4.90 Å². The molecule has 0 aromatic heterocycles. The lowest BCUT2D eigenvalue weighted by atomic mass is 10.1. The van der Waals surface area contributed by atoms with Crippen LogP contribution in [0, 0.1) is 13.8 Å². The minimum atomic E-state index is -1.22. The molecule has 2 aromatic rings. The minimum absolute atomic E-state index is 0.103. The summed E-state index contributed by atoms with van der Waals surface area (Å²) in [5.74, 6) is -1.36. The molecule has 0 bridgehead atoms. The molecule has 0 aliphatic carbocycles. The summed E-state index contributed by atoms with van der Waals surface area (Å²) in [7, 11) is 1.69. The number of aromatic carboxylic acids is 1. The number of thioether (sulfide) groups is 1. The number of benzene rings is 2. The van der Waals surface area contributed by atoms with Crippen LogP contribution in [0.5, 0.6) is 0 Å². The van der Waals surface area contributed by atoms with Crippen LogP contribution in [0.3, 0.4) is 0 Å². The summed E-state index contributed by atoms with van der Waals surface area (Å²) in [4.78, 5) is 29.9. The fourth-order valence-corrected chi connectivity index (χ4v) is 3.41. The molecule has 2 aromatic carbocycles. The van der Waals surface area contributed by atoms with E-state index >= 15 is 0 Å². The quantitative estimate of drug-likeness (QED) is 0.784. The Morgan fingerprint density at radius 2 is 1.81 bits per heavy atom. The fourth-order valence-electron chi connectivity index (χ4n) is 2.42. The highest BCUT2D eigenvalue weighted by atomic mass is 32.2. The molecular weight excluding hydrogens is 348 g/mol. The summed E-state index contributed by atoms with van der Waals surface area (Å²) >= 11 is 1.30. The summed E-state index contributed by atoms with van der Waals surface area (Å²) in [6.45, 7) is 4.07. The van der Waals surface area contributed by atoms with E-state index in [9.17, 15) is 14.7 Å². The van der Waals surface area contributed by atoms with Crippen LogP contribution in [-0.4, -0.2) is 29.0 Å². The number of likely N-dealkylation sites (N-methyl/N-ethyl adjacent to an activating group) is 1. The van der Waals surface area contributed by atoms with Crippen LogP contribution in [0.15, 0.2) is 52.4 Å². The lowest BCUT2D eigenvalue weighted by Gasteiger charge is -2.08. The first kappa shape index (κ1) is 17.9. The zero-order valence-corrected chi connectivity index (χ0v) is 15.5. The van der Waals surface area contributed by atoms with Gasteiger partial charge in [0.1, 0.15) is 0 Å². The summed E-state index contributed by atoms with van der Waals surface area (Å²) in [5, 5.41) is 11.4. The Morgan fingerprint density at radius 1 is 1.12 bits per heavy atom. The van der Waals surface area contributed by atoms with Gasteiger partial charge in [-0.25, -0.2) is 4.99 Å². The number of carboxylic acid groups (broad SMARTS) is 1. The third-order valence-electron chi connectivity index (χ3n) is 4.16. The smallest absolute Gasteiger partial charge is 0.266 e. The second kappa shape index (κ2) is 7.17. The van der Waals surface area contributed by atoms with E-state index in [1.165, 1.54) is 34.4 Å². The summed E-state index contributed by atoms with van der Waals surface area (Å²) in [6.07, 6.45) is 1.73. The van der Waals surface area contributed by atoms with Gasteiger partial charge in [0.15, 0.2) is 5.17 Å². The lowest BCUT2D eigenvalue weighted by molar-refractivity contribution is -0.255. The number of amidine groups is 1. The van der Waals surface area contributed by atoms with Gasteiger partial charge in [0.25, 0.3) is 5.91 Å². The first-order chi connectivity index (χ1) is 12.3. The highest BCUT2D eigenvalue weighted by Gasteiger charge is 2.30. The third kappa shape index (κ3) is 3.70. The van der Waals surface area contributed by atoms with Crippen molar-refractivity contribution in [2.75, 3.05) is 7.05 Å². The Labute approximate surface area is 156 Å². The van der Waals surface area contributed by atoms with Crippen molar-refractivity contribution in [1.29, 1.82) is 0 Å². The SMILES string of the molecule is Cc1ccc(N=C2S/C(=C/c3ccc(C(=O)[O-])cc3)C(=O)N2C)cc1C. The molecule has 0 unspecified atom stereocenters. The van der Waals surface area contributed by atoms with Crippen LogP contribution in [-0.2, 0) is 4.79 Å². The van der Waals surface area contributed by atoms with Crippen LogP contribution in [0.1, 0.15) is 27.0 Å². The highest BCUT2D eigenvalue weighted by Crippen LogP contribution is 2.33. The highest BCUT2D eigenvalue weighted by molar-refractivity contribution is 8.18. The Hall–Kier alpha value is -2.86. The van der Waals surface area contributed by atoms with E-state index in [-0.39, 0.29) is 11.5 Å². The second-order valence-electron chi connectivity index (χ2n) is 6.05. The summed E-state index contributed by atoms with van der Waals surface area (Å²) in [5.41, 5.74) is 3.99. The molecule has 26 heavy (non-hydrogen) atoms. The molecule has 0 N–H and O–H groups in total. The fraction of sp³-hybridized carbons (Fsp3) is 0.150. The van der Waals surface area contributed by atoms with Gasteiger partial charge in [0.05, 0.1) is 16.6 Å². The van der Waals surface area contributed by atoms with Gasteiger partial charge >= 0.3 is 0 Å². The number of carboxylic acids is 1. The van der Waals surface area contributed by atoms with Crippen molar-refractivity contribution >= 4 is 40.6 Å². The minimum Gasteiger partial charge on any atom is -0.545 e. The van der Waals surface area contributed by atoms with E-state index < -0.39 is 5.97 Å². The number of carbonyl (C=O) groups is 2. The Morgan fingerprint density at radius 3 is 2.42 bits per heavy atom. The third-order valence-corrected chi connectivity index (χ3v) is 5.22. The molecule has 1 aliphatic rings. The average Bonchev–Trinajstić information content (AvgIpc) is 2.87. The molecule has 132 valence electrons. The van der Waals surface area contributed by atoms with E-state index in [0.717, 1.165) is 16.8 Å². The number of rotatable bonds is 3. The maximum Gasteiger partial charge on any atom is 0.266 e. The maximum atomic E-state index is 12.5. The molecule has 1 heterocycles. The molecule has 0 radical (unpaired) electrons. The van der Waals surface area contributed by atoms with E-state index in [0.29, 0.717) is 10.1 Å². The van der Waals surface area contributed by atoms with Crippen LogP contribution >= 0.6 is 11.8 Å². The average molecular weight is 365 g/mol. The number of nitrogens with zero attached hydrogens (tertiary/aromatic N) is 2. The van der Waals surface area contributed by atoms with Crippen LogP contribution in [0.2, 0.25) is 0 Å². The van der Waals surface area contributed by atoms with Crippen molar-refractivity contribution in [2.45, 2.75) is 13.8 Å². The van der Waals surface area contributed by atoms with E-state index in [4.69, 9.17) is 0 Å². The van der Waals surface area contributed by atoms with Gasteiger partial charge in [-0.15, -0.1) is 0 Å². The number of hydrogen-bond donors (Lipinski definition) is 0. The molecule has 0 saturated carbocycles. The Kier molecular flexibility index (Phi) is 4.95. The zero-order chi connectivity index (χ0) is 18.8. The Balaban J connectivity index is 1.87. The van der Waals surface area contributed by atoms with Crippen LogP contribution in [0.25, 0.3) is 6.08 Å². The standard InChI is InChI=1S/C20H18N2O3S/c1-12-4-9-16(10-13(12)2)21-20-22(3)18(23)17(26-20)11-14-5-7-15(8-6-14)19(24)25/h4-11H,1-3H3,(H,24,25)/p-1/b17-11+,21-20?. The lowest BCUT2D eigenvalue weighted by Crippen LogP contribution is -2.23. The first-order valence-electron chi connectivity index (χ1n) is 8.00. The predicted molar refractivity (Wildman–Crippen MR) is 102 cm³/mol. The monoisotopic (exact) mass is 365 g/mol. The van der Waals surface area contributed by atoms with Gasteiger partial charge in [0.2, 0.25) is 0 Å².